The van der Waals surface area contributed by atoms with Crippen LogP contribution >= 0.6 is 0 Å². The average molecular weight is 483 g/mol. The molecular weight excluding hydrogens is 459 g/mol. The van der Waals surface area contributed by atoms with Gasteiger partial charge in [-0.25, -0.2) is 12.8 Å². The Hall–Kier alpha value is -3.43. The van der Waals surface area contributed by atoms with Gasteiger partial charge in [-0.3, -0.25) is 4.79 Å². The second-order valence-electron chi connectivity index (χ2n) is 8.21. The number of amides is 1. The van der Waals surface area contributed by atoms with E-state index in [0.29, 0.717) is 35.7 Å². The van der Waals surface area contributed by atoms with E-state index in [4.69, 9.17) is 9.15 Å². The van der Waals surface area contributed by atoms with Gasteiger partial charge in [0.1, 0.15) is 27.6 Å². The number of nitrogens with zero attached hydrogens (tertiary/aromatic N) is 1. The molecule has 3 aromatic carbocycles. The number of carbonyl (C=O) groups excluding carboxylic acids is 1. The molecule has 1 aliphatic heterocycles. The summed E-state index contributed by atoms with van der Waals surface area (Å²) in [4.78, 5) is 12.5. The molecule has 0 radical (unpaired) electrons. The highest BCUT2D eigenvalue weighted by atomic mass is 32.2. The zero-order valence-corrected chi connectivity index (χ0v) is 19.3. The van der Waals surface area contributed by atoms with Crippen LogP contribution in [0, 0.1) is 5.82 Å². The number of benzene rings is 3. The molecule has 0 saturated carbocycles. The number of furan rings is 1. The van der Waals surface area contributed by atoms with Crippen molar-refractivity contribution in [1.29, 1.82) is 0 Å². The number of halogens is 1. The third kappa shape index (κ3) is 3.91. The Morgan fingerprint density at radius 2 is 1.76 bits per heavy atom. The maximum absolute atomic E-state index is 14.5. The van der Waals surface area contributed by atoms with Crippen molar-refractivity contribution in [1.82, 2.24) is 4.31 Å². The van der Waals surface area contributed by atoms with E-state index < -0.39 is 26.6 Å². The van der Waals surface area contributed by atoms with Crippen molar-refractivity contribution in [3.63, 3.8) is 0 Å². The van der Waals surface area contributed by atoms with E-state index in [-0.39, 0.29) is 5.56 Å². The molecule has 2 heterocycles. The minimum Gasteiger partial charge on any atom is -0.495 e. The lowest BCUT2D eigenvalue weighted by Gasteiger charge is -2.26. The molecular formula is C25H23FN2O5S. The minimum absolute atomic E-state index is 0.0174. The van der Waals surface area contributed by atoms with Crippen molar-refractivity contribution in [2.24, 2.45) is 0 Å². The normalized spacial score (nSPS) is 15.0. The fraction of sp³-hybridized carbons (Fsp3) is 0.240. The Balaban J connectivity index is 1.48. The van der Waals surface area contributed by atoms with Crippen LogP contribution in [0.4, 0.5) is 10.1 Å². The second-order valence-corrected chi connectivity index (χ2v) is 10.1. The molecule has 0 spiro atoms. The average Bonchev–Trinajstić information content (AvgIpc) is 3.21. The molecule has 34 heavy (non-hydrogen) atoms. The van der Waals surface area contributed by atoms with Gasteiger partial charge in [-0.2, -0.15) is 4.31 Å². The summed E-state index contributed by atoms with van der Waals surface area (Å²) in [7, 11) is -2.55. The second kappa shape index (κ2) is 8.73. The first-order valence-electron chi connectivity index (χ1n) is 11.0. The molecule has 5 rings (SSSR count). The highest BCUT2D eigenvalue weighted by Gasteiger charge is 2.29. The van der Waals surface area contributed by atoms with E-state index in [9.17, 15) is 17.6 Å². The predicted molar refractivity (Wildman–Crippen MR) is 127 cm³/mol. The number of carbonyl (C=O) groups is 1. The van der Waals surface area contributed by atoms with Gasteiger partial charge in [-0.15, -0.1) is 0 Å². The molecule has 1 aromatic heterocycles. The largest absolute Gasteiger partial charge is 0.495 e. The van der Waals surface area contributed by atoms with E-state index in [0.717, 1.165) is 42.2 Å². The smallest absolute Gasteiger partial charge is 0.255 e. The molecule has 1 aliphatic rings. The summed E-state index contributed by atoms with van der Waals surface area (Å²) in [5.41, 5.74) is 1.63. The molecule has 0 unspecified atom stereocenters. The van der Waals surface area contributed by atoms with Crippen molar-refractivity contribution >= 4 is 43.6 Å². The molecule has 4 aromatic rings. The highest BCUT2D eigenvalue weighted by Crippen LogP contribution is 2.36. The maximum atomic E-state index is 14.5. The van der Waals surface area contributed by atoms with E-state index >= 15 is 0 Å². The summed E-state index contributed by atoms with van der Waals surface area (Å²) in [5.74, 6) is -1.07. The van der Waals surface area contributed by atoms with Crippen LogP contribution in [0.1, 0.15) is 29.6 Å². The van der Waals surface area contributed by atoms with E-state index in [2.05, 4.69) is 5.32 Å². The topological polar surface area (TPSA) is 88.8 Å². The van der Waals surface area contributed by atoms with Gasteiger partial charge < -0.3 is 14.5 Å². The summed E-state index contributed by atoms with van der Waals surface area (Å²) in [5, 5.41) is 4.49. The van der Waals surface area contributed by atoms with Crippen LogP contribution in [0.5, 0.6) is 5.75 Å². The van der Waals surface area contributed by atoms with Crippen molar-refractivity contribution in [3.8, 4) is 5.75 Å². The van der Waals surface area contributed by atoms with Crippen LogP contribution in [0.3, 0.4) is 0 Å². The summed E-state index contributed by atoms with van der Waals surface area (Å²) in [6, 6.07) is 14.3. The van der Waals surface area contributed by atoms with Gasteiger partial charge in [0.25, 0.3) is 5.91 Å². The lowest BCUT2D eigenvalue weighted by Crippen LogP contribution is -2.36. The lowest BCUT2D eigenvalue weighted by molar-refractivity contribution is 0.102. The number of para-hydroxylation sites is 1. The number of anilines is 1. The van der Waals surface area contributed by atoms with Crippen LogP contribution < -0.4 is 10.1 Å². The van der Waals surface area contributed by atoms with Crippen LogP contribution in [0.15, 0.2) is 63.9 Å². The molecule has 0 bridgehead atoms. The van der Waals surface area contributed by atoms with Crippen molar-refractivity contribution in [2.45, 2.75) is 24.2 Å². The zero-order chi connectivity index (χ0) is 23.9. The first-order valence-corrected chi connectivity index (χ1v) is 12.4. The van der Waals surface area contributed by atoms with Crippen LogP contribution in [0.2, 0.25) is 0 Å². The Morgan fingerprint density at radius 1 is 1.00 bits per heavy atom. The number of sulfonamides is 1. The standard InChI is InChI=1S/C25H23FN2O5S/c1-32-23-14-18-17-7-3-4-8-21(17)33-22(18)15-20(23)27-25(29)16-9-10-19(26)24(13-16)34(30,31)28-11-5-2-6-12-28/h3-4,7-10,13-15H,2,5-6,11-12H2,1H3,(H,27,29). The van der Waals surface area contributed by atoms with E-state index in [1.54, 1.807) is 12.1 Å². The molecule has 1 N–H and O–H groups in total. The molecule has 0 atom stereocenters. The number of methoxy groups -OCH3 is 1. The molecule has 7 nitrogen and oxygen atoms in total. The Morgan fingerprint density at radius 3 is 2.53 bits per heavy atom. The van der Waals surface area contributed by atoms with Gasteiger partial charge in [0, 0.05) is 35.5 Å². The highest BCUT2D eigenvalue weighted by molar-refractivity contribution is 7.89. The molecule has 9 heteroatoms. The lowest BCUT2D eigenvalue weighted by atomic mass is 10.1. The number of fused-ring (bicyclic) bond motifs is 3. The molecule has 0 aliphatic carbocycles. The Kier molecular flexibility index (Phi) is 5.75. The van der Waals surface area contributed by atoms with Crippen molar-refractivity contribution < 1.29 is 26.8 Å². The number of hydrogen-bond donors (Lipinski definition) is 1. The Labute approximate surface area is 196 Å². The first kappa shape index (κ1) is 22.4. The molecule has 1 saturated heterocycles. The van der Waals surface area contributed by atoms with Crippen LogP contribution in [0.25, 0.3) is 21.9 Å². The van der Waals surface area contributed by atoms with Crippen molar-refractivity contribution in [3.05, 3.63) is 66.0 Å². The molecule has 176 valence electrons. The van der Waals surface area contributed by atoms with Gasteiger partial charge in [0.15, 0.2) is 0 Å². The summed E-state index contributed by atoms with van der Waals surface area (Å²) in [6.07, 6.45) is 2.39. The predicted octanol–water partition coefficient (Wildman–Crippen LogP) is 5.16. The number of ether oxygens (including phenoxy) is 1. The quantitative estimate of drug-likeness (QED) is 0.424. The SMILES string of the molecule is COc1cc2c(cc1NC(=O)c1ccc(F)c(S(=O)(=O)N3CCCCC3)c1)oc1ccccc12. The zero-order valence-electron chi connectivity index (χ0n) is 18.5. The minimum atomic E-state index is -4.04. The van der Waals surface area contributed by atoms with Crippen LogP contribution in [-0.4, -0.2) is 38.8 Å². The molecule has 1 amide bonds. The summed E-state index contributed by atoms with van der Waals surface area (Å²) < 4.78 is 53.1. The molecule has 1 fully saturated rings. The van der Waals surface area contributed by atoms with Gasteiger partial charge in [-0.05, 0) is 43.2 Å². The van der Waals surface area contributed by atoms with Gasteiger partial charge in [0.05, 0.1) is 12.8 Å². The Bertz CT molecular complexity index is 1510. The summed E-state index contributed by atoms with van der Waals surface area (Å²) in [6.45, 7) is 0.680. The number of piperidine rings is 1. The number of hydrogen-bond acceptors (Lipinski definition) is 5. The number of rotatable bonds is 5. The summed E-state index contributed by atoms with van der Waals surface area (Å²) >= 11 is 0. The fourth-order valence-electron chi connectivity index (χ4n) is 4.30. The first-order chi connectivity index (χ1) is 16.4. The third-order valence-electron chi connectivity index (χ3n) is 6.07. The number of nitrogens with one attached hydrogen (secondary N) is 1. The third-order valence-corrected chi connectivity index (χ3v) is 7.99. The van der Waals surface area contributed by atoms with Gasteiger partial charge in [-0.1, -0.05) is 24.6 Å². The van der Waals surface area contributed by atoms with Gasteiger partial charge in [0.2, 0.25) is 10.0 Å². The maximum Gasteiger partial charge on any atom is 0.255 e. The van der Waals surface area contributed by atoms with E-state index in [1.165, 1.54) is 17.5 Å². The van der Waals surface area contributed by atoms with Crippen LogP contribution in [-0.2, 0) is 10.0 Å². The van der Waals surface area contributed by atoms with E-state index in [1.807, 2.05) is 24.3 Å². The van der Waals surface area contributed by atoms with Gasteiger partial charge >= 0.3 is 0 Å². The monoisotopic (exact) mass is 482 g/mol. The van der Waals surface area contributed by atoms with Crippen molar-refractivity contribution in [2.75, 3.05) is 25.5 Å². The fourth-order valence-corrected chi connectivity index (χ4v) is 5.91.